The first-order valence-corrected chi connectivity index (χ1v) is 12.8. The molecule has 36 heavy (non-hydrogen) atoms. The van der Waals surface area contributed by atoms with Crippen LogP contribution in [0.25, 0.3) is 11.1 Å². The summed E-state index contributed by atoms with van der Waals surface area (Å²) in [6.45, 7) is 3.93. The fourth-order valence-corrected chi connectivity index (χ4v) is 6.39. The van der Waals surface area contributed by atoms with Gasteiger partial charge in [-0.1, -0.05) is 11.2 Å². The summed E-state index contributed by atoms with van der Waals surface area (Å²) in [7, 11) is -3.85. The van der Waals surface area contributed by atoms with Crippen LogP contribution in [0, 0.1) is 25.5 Å². The molecule has 0 unspecified atom stereocenters. The number of carbonyl (C=O) groups is 1. The Kier molecular flexibility index (Phi) is 6.27. The van der Waals surface area contributed by atoms with E-state index in [1.165, 1.54) is 10.4 Å². The summed E-state index contributed by atoms with van der Waals surface area (Å²) in [5.41, 5.74) is 1.28. The van der Waals surface area contributed by atoms with Gasteiger partial charge in [-0.15, -0.1) is 0 Å². The van der Waals surface area contributed by atoms with Crippen LogP contribution in [0.4, 0.5) is 14.5 Å². The Morgan fingerprint density at radius 2 is 1.92 bits per heavy atom. The van der Waals surface area contributed by atoms with Gasteiger partial charge in [0.25, 0.3) is 0 Å². The lowest BCUT2D eigenvalue weighted by Gasteiger charge is -2.39. The van der Waals surface area contributed by atoms with Crippen molar-refractivity contribution in [2.45, 2.75) is 24.8 Å². The maximum Gasteiger partial charge on any atom is 0.248 e. The number of aromatic nitrogens is 1. The van der Waals surface area contributed by atoms with Gasteiger partial charge in [0, 0.05) is 31.3 Å². The molecule has 3 heterocycles. The molecule has 1 aromatic heterocycles. The highest BCUT2D eigenvalue weighted by Gasteiger charge is 2.38. The van der Waals surface area contributed by atoms with E-state index in [9.17, 15) is 22.0 Å². The van der Waals surface area contributed by atoms with Crippen LogP contribution in [0.3, 0.4) is 0 Å². The topological polar surface area (TPSA) is 105 Å². The SMILES string of the molecule is Cc1noc(C)c1S(=O)(=O)N1CCN2CC(=O)Nc3cc(-c4ccc(F)cc4F)ccc3OC[C@H]2C1. The van der Waals surface area contributed by atoms with Crippen LogP contribution in [0.5, 0.6) is 5.75 Å². The molecule has 0 bridgehead atoms. The Balaban J connectivity index is 1.40. The third kappa shape index (κ3) is 4.47. The Hall–Kier alpha value is -3.35. The minimum Gasteiger partial charge on any atom is -0.490 e. The molecule has 0 saturated carbocycles. The summed E-state index contributed by atoms with van der Waals surface area (Å²) >= 11 is 0. The van der Waals surface area contributed by atoms with Crippen molar-refractivity contribution in [2.75, 3.05) is 38.1 Å². The number of nitrogens with zero attached hydrogens (tertiary/aromatic N) is 3. The number of aryl methyl sites for hydroxylation is 2. The zero-order chi connectivity index (χ0) is 25.6. The minimum atomic E-state index is -3.85. The van der Waals surface area contributed by atoms with E-state index in [1.807, 2.05) is 4.90 Å². The Bertz CT molecular complexity index is 1420. The first-order chi connectivity index (χ1) is 17.1. The average Bonchev–Trinajstić information content (AvgIpc) is 3.19. The van der Waals surface area contributed by atoms with Crippen molar-refractivity contribution in [3.05, 3.63) is 59.5 Å². The number of piperazine rings is 1. The number of anilines is 1. The lowest BCUT2D eigenvalue weighted by Crippen LogP contribution is -2.57. The minimum absolute atomic E-state index is 0.0296. The van der Waals surface area contributed by atoms with Crippen LogP contribution in [0.2, 0.25) is 0 Å². The summed E-state index contributed by atoms with van der Waals surface area (Å²) in [5.74, 6) is -1.13. The maximum absolute atomic E-state index is 14.3. The molecule has 3 aromatic rings. The molecule has 2 aliphatic heterocycles. The van der Waals surface area contributed by atoms with Crippen molar-refractivity contribution in [2.24, 2.45) is 0 Å². The van der Waals surface area contributed by atoms with Gasteiger partial charge in [-0.25, -0.2) is 17.2 Å². The van der Waals surface area contributed by atoms with Crippen LogP contribution in [-0.2, 0) is 14.8 Å². The van der Waals surface area contributed by atoms with Crippen molar-refractivity contribution in [1.82, 2.24) is 14.4 Å². The van der Waals surface area contributed by atoms with Gasteiger partial charge >= 0.3 is 0 Å². The Morgan fingerprint density at radius 1 is 1.11 bits per heavy atom. The number of benzene rings is 2. The molecule has 0 aliphatic carbocycles. The van der Waals surface area contributed by atoms with E-state index in [0.29, 0.717) is 29.2 Å². The quantitative estimate of drug-likeness (QED) is 0.569. The average molecular weight is 519 g/mol. The van der Waals surface area contributed by atoms with E-state index < -0.39 is 21.7 Å². The third-order valence-corrected chi connectivity index (χ3v) is 8.52. The van der Waals surface area contributed by atoms with Crippen LogP contribution >= 0.6 is 0 Å². The summed E-state index contributed by atoms with van der Waals surface area (Å²) in [6.07, 6.45) is 0. The van der Waals surface area contributed by atoms with E-state index in [4.69, 9.17) is 9.26 Å². The molecule has 12 heteroatoms. The first kappa shape index (κ1) is 24.3. The van der Waals surface area contributed by atoms with E-state index in [2.05, 4.69) is 10.5 Å². The van der Waals surface area contributed by atoms with Gasteiger partial charge in [0.1, 0.15) is 34.6 Å². The highest BCUT2D eigenvalue weighted by molar-refractivity contribution is 7.89. The van der Waals surface area contributed by atoms with Crippen LogP contribution < -0.4 is 10.1 Å². The summed E-state index contributed by atoms with van der Waals surface area (Å²) in [4.78, 5) is 14.8. The molecule has 2 aromatic carbocycles. The number of amides is 1. The highest BCUT2D eigenvalue weighted by Crippen LogP contribution is 2.34. The number of hydrogen-bond donors (Lipinski definition) is 1. The van der Waals surface area contributed by atoms with Crippen LogP contribution in [-0.4, -0.2) is 67.5 Å². The van der Waals surface area contributed by atoms with Crippen molar-refractivity contribution in [3.8, 4) is 16.9 Å². The fourth-order valence-electron chi connectivity index (χ4n) is 4.63. The molecule has 0 spiro atoms. The van der Waals surface area contributed by atoms with E-state index in [1.54, 1.807) is 32.0 Å². The molecule has 1 atom stereocenters. The Morgan fingerprint density at radius 3 is 2.64 bits per heavy atom. The molecule has 1 amide bonds. The van der Waals surface area contributed by atoms with Crippen molar-refractivity contribution < 1.29 is 31.3 Å². The zero-order valence-electron chi connectivity index (χ0n) is 19.6. The summed E-state index contributed by atoms with van der Waals surface area (Å²) in [6, 6.07) is 7.69. The molecule has 1 fully saturated rings. The molecular weight excluding hydrogens is 494 g/mol. The smallest absolute Gasteiger partial charge is 0.248 e. The second-order valence-electron chi connectivity index (χ2n) is 8.83. The van der Waals surface area contributed by atoms with Crippen LogP contribution in [0.1, 0.15) is 11.5 Å². The standard InChI is InChI=1S/C24H24F2N4O5S/c1-14-24(15(2)35-28-14)36(32,33)30-8-7-29-12-23(31)27-21-9-16(19-5-4-17(25)10-20(19)26)3-6-22(21)34-13-18(29)11-30/h3-6,9-10,18H,7-8,11-13H2,1-2H3,(H,27,31)/t18-/m1/s1. The number of ether oxygens (including phenoxy) is 1. The number of nitrogens with one attached hydrogen (secondary N) is 1. The second kappa shape index (κ2) is 9.26. The highest BCUT2D eigenvalue weighted by atomic mass is 32.2. The molecular formula is C24H24F2N4O5S. The number of sulfonamides is 1. The fraction of sp³-hybridized carbons (Fsp3) is 0.333. The summed E-state index contributed by atoms with van der Waals surface area (Å²) in [5, 5.41) is 6.56. The molecule has 190 valence electrons. The molecule has 0 radical (unpaired) electrons. The zero-order valence-corrected chi connectivity index (χ0v) is 20.4. The van der Waals surface area contributed by atoms with Gasteiger partial charge in [-0.05, 0) is 43.7 Å². The summed E-state index contributed by atoms with van der Waals surface area (Å²) < 4.78 is 66.7. The van der Waals surface area contributed by atoms with Gasteiger partial charge in [0.2, 0.25) is 15.9 Å². The van der Waals surface area contributed by atoms with Gasteiger partial charge < -0.3 is 14.6 Å². The van der Waals surface area contributed by atoms with Gasteiger partial charge in [0.05, 0.1) is 18.3 Å². The molecule has 9 nitrogen and oxygen atoms in total. The van der Waals surface area contributed by atoms with Crippen molar-refractivity contribution in [3.63, 3.8) is 0 Å². The number of carbonyl (C=O) groups excluding carboxylic acids is 1. The van der Waals surface area contributed by atoms with Crippen LogP contribution in [0.15, 0.2) is 45.8 Å². The van der Waals surface area contributed by atoms with E-state index in [0.717, 1.165) is 12.1 Å². The van der Waals surface area contributed by atoms with Gasteiger partial charge in [0.15, 0.2) is 5.76 Å². The van der Waals surface area contributed by atoms with Crippen molar-refractivity contribution >= 4 is 21.6 Å². The normalized spacial score (nSPS) is 19.3. The monoisotopic (exact) mass is 518 g/mol. The predicted molar refractivity (Wildman–Crippen MR) is 126 cm³/mol. The molecule has 2 aliphatic rings. The second-order valence-corrected chi connectivity index (χ2v) is 10.7. The maximum atomic E-state index is 14.3. The number of rotatable bonds is 3. The van der Waals surface area contributed by atoms with E-state index in [-0.39, 0.29) is 54.4 Å². The largest absolute Gasteiger partial charge is 0.490 e. The van der Waals surface area contributed by atoms with Gasteiger partial charge in [-0.3, -0.25) is 9.69 Å². The Labute approximate surface area is 206 Å². The number of hydrogen-bond acceptors (Lipinski definition) is 7. The van der Waals surface area contributed by atoms with Gasteiger partial charge in [-0.2, -0.15) is 4.31 Å². The first-order valence-electron chi connectivity index (χ1n) is 11.3. The third-order valence-electron chi connectivity index (χ3n) is 6.41. The number of halogens is 2. The predicted octanol–water partition coefficient (Wildman–Crippen LogP) is 2.94. The van der Waals surface area contributed by atoms with Crippen molar-refractivity contribution in [1.29, 1.82) is 0 Å². The molecule has 1 N–H and O–H groups in total. The lowest BCUT2D eigenvalue weighted by atomic mass is 10.0. The lowest BCUT2D eigenvalue weighted by molar-refractivity contribution is -0.118. The van der Waals surface area contributed by atoms with E-state index >= 15 is 0 Å². The number of fused-ring (bicyclic) bond motifs is 2. The molecule has 5 rings (SSSR count). The molecule has 1 saturated heterocycles.